The lowest BCUT2D eigenvalue weighted by molar-refractivity contribution is -0.139. The van der Waals surface area contributed by atoms with Crippen LogP contribution in [0.15, 0.2) is 22.7 Å². The molecule has 110 valence electrons. The third-order valence-electron chi connectivity index (χ3n) is 2.20. The van der Waals surface area contributed by atoms with Crippen molar-refractivity contribution in [1.82, 2.24) is 5.32 Å². The molecule has 9 heteroatoms. The van der Waals surface area contributed by atoms with Crippen molar-refractivity contribution in [2.24, 2.45) is 0 Å². The van der Waals surface area contributed by atoms with Gasteiger partial charge in [0.05, 0.1) is 5.56 Å². The lowest BCUT2D eigenvalue weighted by Gasteiger charge is -2.13. The quantitative estimate of drug-likeness (QED) is 0.780. The molecule has 0 radical (unpaired) electrons. The largest absolute Gasteiger partial charge is 0.480 e. The summed E-state index contributed by atoms with van der Waals surface area (Å²) in [5.74, 6) is -1.26. The number of aliphatic carboxylic acids is 1. The molecule has 1 aromatic rings. The number of anilines is 1. The van der Waals surface area contributed by atoms with Gasteiger partial charge in [0.25, 0.3) is 0 Å². The van der Waals surface area contributed by atoms with Gasteiger partial charge in [-0.05, 0) is 25.1 Å². The lowest BCUT2D eigenvalue weighted by atomic mass is 10.2. The Kier molecular flexibility index (Phi) is 4.98. The number of carbonyl (C=O) groups is 2. The zero-order valence-corrected chi connectivity index (χ0v) is 11.7. The molecule has 5 nitrogen and oxygen atoms in total. The van der Waals surface area contributed by atoms with Crippen molar-refractivity contribution in [1.29, 1.82) is 0 Å². The average Bonchev–Trinajstić information content (AvgIpc) is 2.26. The molecule has 0 saturated heterocycles. The van der Waals surface area contributed by atoms with E-state index in [4.69, 9.17) is 5.11 Å². The molecule has 0 aliphatic rings. The van der Waals surface area contributed by atoms with Gasteiger partial charge in [0.2, 0.25) is 0 Å². The van der Waals surface area contributed by atoms with E-state index in [1.165, 1.54) is 13.0 Å². The van der Waals surface area contributed by atoms with E-state index in [0.29, 0.717) is 0 Å². The predicted octanol–water partition coefficient (Wildman–Crippen LogP) is 3.06. The van der Waals surface area contributed by atoms with Crippen molar-refractivity contribution in [3.05, 3.63) is 28.2 Å². The van der Waals surface area contributed by atoms with Crippen molar-refractivity contribution in [3.63, 3.8) is 0 Å². The first kappa shape index (κ1) is 16.3. The molecule has 0 spiro atoms. The first-order valence-electron chi connectivity index (χ1n) is 5.27. The Hall–Kier alpha value is -1.77. The monoisotopic (exact) mass is 354 g/mol. The number of carboxylic acids is 1. The Morgan fingerprint density at radius 1 is 1.30 bits per heavy atom. The Morgan fingerprint density at radius 2 is 1.90 bits per heavy atom. The van der Waals surface area contributed by atoms with Gasteiger partial charge in [-0.25, -0.2) is 4.79 Å². The van der Waals surface area contributed by atoms with Crippen LogP contribution in [-0.2, 0) is 11.0 Å². The van der Waals surface area contributed by atoms with E-state index in [0.717, 1.165) is 12.1 Å². The minimum atomic E-state index is -4.55. The molecule has 20 heavy (non-hydrogen) atoms. The summed E-state index contributed by atoms with van der Waals surface area (Å²) >= 11 is 2.90. The standard InChI is InChI=1S/C11H10BrF3N2O3/c1-5(9(18)19)16-10(20)17-8-3-6(11(13,14)15)2-7(12)4-8/h2-5H,1H3,(H,18,19)(H2,16,17,20). The van der Waals surface area contributed by atoms with Crippen LogP contribution in [-0.4, -0.2) is 23.1 Å². The fourth-order valence-corrected chi connectivity index (χ4v) is 1.74. The molecule has 0 heterocycles. The summed E-state index contributed by atoms with van der Waals surface area (Å²) < 4.78 is 37.9. The van der Waals surface area contributed by atoms with E-state index in [1.807, 2.05) is 0 Å². The summed E-state index contributed by atoms with van der Waals surface area (Å²) in [5, 5.41) is 12.8. The van der Waals surface area contributed by atoms with Crippen LogP contribution in [0.3, 0.4) is 0 Å². The number of nitrogens with one attached hydrogen (secondary N) is 2. The summed E-state index contributed by atoms with van der Waals surface area (Å²) in [6.07, 6.45) is -4.55. The maximum absolute atomic E-state index is 12.6. The highest BCUT2D eigenvalue weighted by atomic mass is 79.9. The predicted molar refractivity (Wildman–Crippen MR) is 68.4 cm³/mol. The number of hydrogen-bond donors (Lipinski definition) is 3. The first-order valence-corrected chi connectivity index (χ1v) is 6.07. The molecule has 2 amide bonds. The van der Waals surface area contributed by atoms with Crippen LogP contribution in [0.25, 0.3) is 0 Å². The van der Waals surface area contributed by atoms with Crippen molar-refractivity contribution in [3.8, 4) is 0 Å². The topological polar surface area (TPSA) is 78.4 Å². The first-order chi connectivity index (χ1) is 9.09. The molecule has 3 N–H and O–H groups in total. The number of amides is 2. The van der Waals surface area contributed by atoms with Gasteiger partial charge >= 0.3 is 18.2 Å². The van der Waals surface area contributed by atoms with E-state index in [2.05, 4.69) is 26.6 Å². The minimum absolute atomic E-state index is 0.109. The van der Waals surface area contributed by atoms with Crippen molar-refractivity contribution < 1.29 is 27.9 Å². The van der Waals surface area contributed by atoms with E-state index >= 15 is 0 Å². The third-order valence-corrected chi connectivity index (χ3v) is 2.66. The second-order valence-electron chi connectivity index (χ2n) is 3.88. The highest BCUT2D eigenvalue weighted by molar-refractivity contribution is 9.10. The van der Waals surface area contributed by atoms with Crippen molar-refractivity contribution in [2.75, 3.05) is 5.32 Å². The summed E-state index contributed by atoms with van der Waals surface area (Å²) in [7, 11) is 0. The Bertz CT molecular complexity index is 534. The van der Waals surface area contributed by atoms with Crippen LogP contribution in [0.2, 0.25) is 0 Å². The van der Waals surface area contributed by atoms with Crippen LogP contribution in [0.4, 0.5) is 23.7 Å². The Labute approximate surface area is 120 Å². The molecule has 1 atom stereocenters. The molecule has 0 aromatic heterocycles. The lowest BCUT2D eigenvalue weighted by Crippen LogP contribution is -2.40. The second kappa shape index (κ2) is 6.12. The highest BCUT2D eigenvalue weighted by Crippen LogP contribution is 2.33. The maximum Gasteiger partial charge on any atom is 0.416 e. The highest BCUT2D eigenvalue weighted by Gasteiger charge is 2.31. The number of alkyl halides is 3. The molecular weight excluding hydrogens is 345 g/mol. The van der Waals surface area contributed by atoms with E-state index in [1.54, 1.807) is 0 Å². The van der Waals surface area contributed by atoms with Gasteiger partial charge in [-0.2, -0.15) is 13.2 Å². The van der Waals surface area contributed by atoms with Gasteiger partial charge < -0.3 is 15.7 Å². The molecule has 0 aliphatic heterocycles. The van der Waals surface area contributed by atoms with Crippen LogP contribution in [0.1, 0.15) is 12.5 Å². The number of carboxylic acid groups (broad SMARTS) is 1. The summed E-state index contributed by atoms with van der Waals surface area (Å²) in [4.78, 5) is 21.9. The van der Waals surface area contributed by atoms with Gasteiger partial charge in [-0.3, -0.25) is 4.79 Å². The molecule has 1 unspecified atom stereocenters. The Balaban J connectivity index is 2.85. The molecule has 1 aromatic carbocycles. The number of halogens is 4. The van der Waals surface area contributed by atoms with Crippen molar-refractivity contribution >= 4 is 33.6 Å². The molecule has 1 rings (SSSR count). The number of rotatable bonds is 3. The molecular formula is C11H10BrF3N2O3. The van der Waals surface area contributed by atoms with Crippen LogP contribution < -0.4 is 10.6 Å². The second-order valence-corrected chi connectivity index (χ2v) is 4.80. The SMILES string of the molecule is CC(NC(=O)Nc1cc(Br)cc(C(F)(F)F)c1)C(=O)O. The maximum atomic E-state index is 12.6. The van der Waals surface area contributed by atoms with Crippen LogP contribution >= 0.6 is 15.9 Å². The van der Waals surface area contributed by atoms with E-state index in [9.17, 15) is 22.8 Å². The van der Waals surface area contributed by atoms with Gasteiger partial charge in [-0.1, -0.05) is 15.9 Å². The van der Waals surface area contributed by atoms with Gasteiger partial charge in [-0.15, -0.1) is 0 Å². The fraction of sp³-hybridized carbons (Fsp3) is 0.273. The summed E-state index contributed by atoms with van der Waals surface area (Å²) in [6, 6.07) is 0.800. The van der Waals surface area contributed by atoms with Gasteiger partial charge in [0.15, 0.2) is 0 Å². The number of carbonyl (C=O) groups excluding carboxylic acids is 1. The van der Waals surface area contributed by atoms with Crippen LogP contribution in [0.5, 0.6) is 0 Å². The average molecular weight is 355 g/mol. The normalized spacial score (nSPS) is 12.7. The smallest absolute Gasteiger partial charge is 0.416 e. The third kappa shape index (κ3) is 4.72. The van der Waals surface area contributed by atoms with E-state index in [-0.39, 0.29) is 10.2 Å². The van der Waals surface area contributed by atoms with Crippen molar-refractivity contribution in [2.45, 2.75) is 19.1 Å². The number of urea groups is 1. The zero-order chi connectivity index (χ0) is 15.5. The summed E-state index contributed by atoms with van der Waals surface area (Å²) in [5.41, 5.74) is -1.05. The number of hydrogen-bond acceptors (Lipinski definition) is 2. The van der Waals surface area contributed by atoms with Gasteiger partial charge in [0.1, 0.15) is 6.04 Å². The van der Waals surface area contributed by atoms with E-state index < -0.39 is 29.8 Å². The van der Waals surface area contributed by atoms with Crippen LogP contribution in [0, 0.1) is 0 Å². The Morgan fingerprint density at radius 3 is 2.40 bits per heavy atom. The molecule has 0 saturated carbocycles. The molecule has 0 aliphatic carbocycles. The minimum Gasteiger partial charge on any atom is -0.480 e. The fourth-order valence-electron chi connectivity index (χ4n) is 1.25. The van der Waals surface area contributed by atoms with Gasteiger partial charge in [0, 0.05) is 10.2 Å². The number of benzene rings is 1. The zero-order valence-electron chi connectivity index (χ0n) is 10.1. The molecule has 0 bridgehead atoms. The molecule has 0 fully saturated rings. The summed E-state index contributed by atoms with van der Waals surface area (Å²) in [6.45, 7) is 1.23.